The number of benzene rings is 2. The van der Waals surface area contributed by atoms with E-state index >= 15 is 0 Å². The van der Waals surface area contributed by atoms with Gasteiger partial charge in [0.05, 0.1) is 5.56 Å². The third-order valence-electron chi connectivity index (χ3n) is 2.54. The second kappa shape index (κ2) is 5.06. The topological polar surface area (TPSA) is 46.5 Å². The lowest BCUT2D eigenvalue weighted by molar-refractivity contribution is 0.0697. The molecule has 0 aliphatic carbocycles. The highest BCUT2D eigenvalue weighted by atomic mass is 19.2. The fourth-order valence-corrected chi connectivity index (χ4v) is 1.56. The fourth-order valence-electron chi connectivity index (χ4n) is 1.56. The van der Waals surface area contributed by atoms with Gasteiger partial charge in [0.25, 0.3) is 0 Å². The van der Waals surface area contributed by atoms with Crippen molar-refractivity contribution in [1.82, 2.24) is 0 Å². The molecular weight excluding hydrogens is 254 g/mol. The minimum Gasteiger partial charge on any atom is -0.478 e. The highest BCUT2D eigenvalue weighted by molar-refractivity contribution is 5.88. The van der Waals surface area contributed by atoms with Crippen LogP contribution in [0.1, 0.15) is 15.9 Å². The summed E-state index contributed by atoms with van der Waals surface area (Å²) in [5.74, 6) is -2.47. The Labute approximate surface area is 108 Å². The standard InChI is InChI=1S/C14H10F2O3/c1-8-6-9(14(17)18)2-5-13(8)19-10-3-4-11(15)12(16)7-10/h2-7H,1H3,(H,17,18). The van der Waals surface area contributed by atoms with Crippen LogP contribution < -0.4 is 4.74 Å². The Kier molecular flexibility index (Phi) is 3.46. The molecule has 0 heterocycles. The first-order valence-corrected chi connectivity index (χ1v) is 5.44. The molecule has 0 fully saturated rings. The molecule has 0 bridgehead atoms. The van der Waals surface area contributed by atoms with E-state index in [0.29, 0.717) is 11.3 Å². The lowest BCUT2D eigenvalue weighted by atomic mass is 10.1. The first-order valence-electron chi connectivity index (χ1n) is 5.44. The van der Waals surface area contributed by atoms with Gasteiger partial charge in [0.1, 0.15) is 11.5 Å². The Balaban J connectivity index is 2.28. The number of rotatable bonds is 3. The average Bonchev–Trinajstić information content (AvgIpc) is 2.36. The van der Waals surface area contributed by atoms with Gasteiger partial charge in [-0.05, 0) is 42.8 Å². The van der Waals surface area contributed by atoms with Crippen LogP contribution in [-0.4, -0.2) is 11.1 Å². The molecule has 0 atom stereocenters. The van der Waals surface area contributed by atoms with Crippen molar-refractivity contribution < 1.29 is 23.4 Å². The summed E-state index contributed by atoms with van der Waals surface area (Å²) in [6.45, 7) is 1.67. The van der Waals surface area contributed by atoms with Crippen molar-refractivity contribution in [3.8, 4) is 11.5 Å². The average molecular weight is 264 g/mol. The lowest BCUT2D eigenvalue weighted by Crippen LogP contribution is -1.97. The lowest BCUT2D eigenvalue weighted by Gasteiger charge is -2.09. The molecule has 2 aromatic rings. The fraction of sp³-hybridized carbons (Fsp3) is 0.0714. The van der Waals surface area contributed by atoms with E-state index in [1.807, 2.05) is 0 Å². The number of ether oxygens (including phenoxy) is 1. The molecule has 19 heavy (non-hydrogen) atoms. The number of aromatic carboxylic acids is 1. The van der Waals surface area contributed by atoms with Gasteiger partial charge in [-0.25, -0.2) is 13.6 Å². The molecule has 0 saturated heterocycles. The molecule has 0 aliphatic heterocycles. The predicted molar refractivity (Wildman–Crippen MR) is 64.6 cm³/mol. The summed E-state index contributed by atoms with van der Waals surface area (Å²) in [7, 11) is 0. The number of carboxylic acids is 1. The Bertz CT molecular complexity index is 639. The maximum absolute atomic E-state index is 13.0. The van der Waals surface area contributed by atoms with E-state index < -0.39 is 17.6 Å². The van der Waals surface area contributed by atoms with Crippen molar-refractivity contribution in [2.45, 2.75) is 6.92 Å². The largest absolute Gasteiger partial charge is 0.478 e. The summed E-state index contributed by atoms with van der Waals surface area (Å²) < 4.78 is 31.2. The molecule has 0 saturated carbocycles. The van der Waals surface area contributed by atoms with Gasteiger partial charge >= 0.3 is 5.97 Å². The summed E-state index contributed by atoms with van der Waals surface area (Å²) in [6.07, 6.45) is 0. The zero-order valence-electron chi connectivity index (χ0n) is 9.98. The molecular formula is C14H10F2O3. The van der Waals surface area contributed by atoms with Crippen molar-refractivity contribution in [2.24, 2.45) is 0 Å². The maximum atomic E-state index is 13.0. The van der Waals surface area contributed by atoms with E-state index in [4.69, 9.17) is 9.84 Å². The van der Waals surface area contributed by atoms with Crippen LogP contribution >= 0.6 is 0 Å². The molecule has 2 rings (SSSR count). The van der Waals surface area contributed by atoms with Gasteiger partial charge < -0.3 is 9.84 Å². The van der Waals surface area contributed by atoms with Crippen molar-refractivity contribution in [3.63, 3.8) is 0 Å². The van der Waals surface area contributed by atoms with Crippen LogP contribution in [0.2, 0.25) is 0 Å². The van der Waals surface area contributed by atoms with Crippen LogP contribution in [-0.2, 0) is 0 Å². The van der Waals surface area contributed by atoms with Gasteiger partial charge in [-0.2, -0.15) is 0 Å². The summed E-state index contributed by atoms with van der Waals surface area (Å²) in [5.41, 5.74) is 0.722. The van der Waals surface area contributed by atoms with Gasteiger partial charge in [-0.3, -0.25) is 0 Å². The molecule has 0 amide bonds. The second-order valence-electron chi connectivity index (χ2n) is 3.96. The molecule has 0 aromatic heterocycles. The molecule has 3 nitrogen and oxygen atoms in total. The summed E-state index contributed by atoms with van der Waals surface area (Å²) in [6, 6.07) is 7.48. The summed E-state index contributed by atoms with van der Waals surface area (Å²) in [4.78, 5) is 10.8. The number of hydrogen-bond donors (Lipinski definition) is 1. The van der Waals surface area contributed by atoms with Crippen LogP contribution in [0.5, 0.6) is 11.5 Å². The Morgan fingerprint density at radius 2 is 1.84 bits per heavy atom. The van der Waals surface area contributed by atoms with Crippen LogP contribution in [0.4, 0.5) is 8.78 Å². The van der Waals surface area contributed by atoms with Crippen molar-refractivity contribution >= 4 is 5.97 Å². The Morgan fingerprint density at radius 3 is 2.42 bits per heavy atom. The van der Waals surface area contributed by atoms with E-state index in [2.05, 4.69) is 0 Å². The molecule has 2 aromatic carbocycles. The third kappa shape index (κ3) is 2.88. The molecule has 0 aliphatic rings. The quantitative estimate of drug-likeness (QED) is 0.918. The third-order valence-corrected chi connectivity index (χ3v) is 2.54. The van der Waals surface area contributed by atoms with Gasteiger partial charge in [-0.1, -0.05) is 0 Å². The molecule has 0 radical (unpaired) electrons. The highest BCUT2D eigenvalue weighted by Crippen LogP contribution is 2.26. The van der Waals surface area contributed by atoms with Crippen LogP contribution in [0.15, 0.2) is 36.4 Å². The van der Waals surface area contributed by atoms with Crippen molar-refractivity contribution in [1.29, 1.82) is 0 Å². The van der Waals surface area contributed by atoms with Crippen molar-refractivity contribution in [3.05, 3.63) is 59.2 Å². The normalized spacial score (nSPS) is 10.3. The number of halogens is 2. The smallest absolute Gasteiger partial charge is 0.335 e. The molecule has 98 valence electrons. The second-order valence-corrected chi connectivity index (χ2v) is 3.96. The molecule has 0 spiro atoms. The highest BCUT2D eigenvalue weighted by Gasteiger charge is 2.09. The van der Waals surface area contributed by atoms with Gasteiger partial charge in [0, 0.05) is 6.07 Å². The first kappa shape index (κ1) is 13.0. The number of carbonyl (C=O) groups is 1. The Morgan fingerprint density at radius 1 is 1.11 bits per heavy atom. The minimum atomic E-state index is -1.04. The van der Waals surface area contributed by atoms with Gasteiger partial charge in [0.2, 0.25) is 0 Å². The predicted octanol–water partition coefficient (Wildman–Crippen LogP) is 3.76. The van der Waals surface area contributed by atoms with E-state index in [0.717, 1.165) is 12.1 Å². The number of carboxylic acid groups (broad SMARTS) is 1. The summed E-state index contributed by atoms with van der Waals surface area (Å²) >= 11 is 0. The van der Waals surface area contributed by atoms with Crippen molar-refractivity contribution in [2.75, 3.05) is 0 Å². The zero-order valence-corrected chi connectivity index (χ0v) is 9.98. The number of aryl methyl sites for hydroxylation is 1. The van der Waals surface area contributed by atoms with Gasteiger partial charge in [0.15, 0.2) is 11.6 Å². The molecule has 1 N–H and O–H groups in total. The monoisotopic (exact) mass is 264 g/mol. The molecule has 0 unspecified atom stereocenters. The maximum Gasteiger partial charge on any atom is 0.335 e. The van der Waals surface area contributed by atoms with E-state index in [1.54, 1.807) is 6.92 Å². The summed E-state index contributed by atoms with van der Waals surface area (Å²) in [5, 5.41) is 8.82. The zero-order chi connectivity index (χ0) is 14.0. The van der Waals surface area contributed by atoms with E-state index in [9.17, 15) is 13.6 Å². The van der Waals surface area contributed by atoms with Crippen LogP contribution in [0.25, 0.3) is 0 Å². The minimum absolute atomic E-state index is 0.134. The van der Waals surface area contributed by atoms with E-state index in [-0.39, 0.29) is 11.3 Å². The first-order chi connectivity index (χ1) is 8.97. The van der Waals surface area contributed by atoms with Crippen LogP contribution in [0.3, 0.4) is 0 Å². The van der Waals surface area contributed by atoms with Crippen LogP contribution in [0, 0.1) is 18.6 Å². The number of hydrogen-bond acceptors (Lipinski definition) is 2. The SMILES string of the molecule is Cc1cc(C(=O)O)ccc1Oc1ccc(F)c(F)c1. The van der Waals surface area contributed by atoms with Gasteiger partial charge in [-0.15, -0.1) is 0 Å². The molecule has 5 heteroatoms. The van der Waals surface area contributed by atoms with E-state index in [1.165, 1.54) is 24.3 Å². The Hall–Kier alpha value is -2.43.